The Kier molecular flexibility index (Phi) is 5.86. The smallest absolute Gasteiger partial charge is 0.330 e. The van der Waals surface area contributed by atoms with Gasteiger partial charge < -0.3 is 9.84 Å². The number of ether oxygens (including phenoxy) is 1. The number of carbonyl (C=O) groups is 1. The minimum Gasteiger partial charge on any atom is -0.463 e. The Morgan fingerprint density at radius 3 is 2.55 bits per heavy atom. The molecule has 108 valence electrons. The summed E-state index contributed by atoms with van der Waals surface area (Å²) in [5.74, 6) is -0.444. The highest BCUT2D eigenvalue weighted by molar-refractivity contribution is 5.82. The second-order valence-electron chi connectivity index (χ2n) is 4.31. The van der Waals surface area contributed by atoms with Gasteiger partial charge in [0.15, 0.2) is 0 Å². The molecule has 0 aromatic heterocycles. The van der Waals surface area contributed by atoms with Gasteiger partial charge in [0, 0.05) is 18.2 Å². The van der Waals surface area contributed by atoms with Gasteiger partial charge >= 0.3 is 5.97 Å². The fraction of sp³-hybridized carbons (Fsp3) is 0.357. The van der Waals surface area contributed by atoms with E-state index in [1.54, 1.807) is 13.8 Å². The van der Waals surface area contributed by atoms with Gasteiger partial charge in [0.2, 0.25) is 0 Å². The van der Waals surface area contributed by atoms with Crippen molar-refractivity contribution >= 4 is 11.7 Å². The van der Waals surface area contributed by atoms with E-state index in [1.165, 1.54) is 30.3 Å². The Hall–Kier alpha value is -2.21. The average molecular weight is 279 g/mol. The van der Waals surface area contributed by atoms with E-state index in [0.717, 1.165) is 0 Å². The van der Waals surface area contributed by atoms with Gasteiger partial charge in [0.05, 0.1) is 17.6 Å². The summed E-state index contributed by atoms with van der Waals surface area (Å²) in [5, 5.41) is 20.5. The SMILES string of the molecule is CCOC(=O)C=C(C)CC(O)c1ccc([N+](=O)[O-])cc1. The van der Waals surface area contributed by atoms with Crippen LogP contribution in [0.15, 0.2) is 35.9 Å². The minimum atomic E-state index is -0.818. The van der Waals surface area contributed by atoms with E-state index in [1.807, 2.05) is 0 Å². The molecule has 1 rings (SSSR count). The summed E-state index contributed by atoms with van der Waals surface area (Å²) in [7, 11) is 0. The molecule has 1 unspecified atom stereocenters. The summed E-state index contributed by atoms with van der Waals surface area (Å²) in [6.45, 7) is 3.73. The molecular weight excluding hydrogens is 262 g/mol. The predicted octanol–water partition coefficient (Wildman–Crippen LogP) is 2.53. The molecule has 0 aliphatic heterocycles. The van der Waals surface area contributed by atoms with Crippen molar-refractivity contribution in [2.45, 2.75) is 26.4 Å². The molecule has 1 aromatic carbocycles. The third kappa shape index (κ3) is 4.81. The second kappa shape index (κ2) is 7.40. The number of non-ortho nitro benzene ring substituents is 1. The monoisotopic (exact) mass is 279 g/mol. The van der Waals surface area contributed by atoms with Crippen LogP contribution in [-0.2, 0) is 9.53 Å². The normalized spacial score (nSPS) is 12.8. The van der Waals surface area contributed by atoms with Gasteiger partial charge in [-0.25, -0.2) is 4.79 Å². The third-order valence-electron chi connectivity index (χ3n) is 2.65. The highest BCUT2D eigenvalue weighted by atomic mass is 16.6. The maximum Gasteiger partial charge on any atom is 0.330 e. The van der Waals surface area contributed by atoms with Crippen LogP contribution in [0.4, 0.5) is 5.69 Å². The van der Waals surface area contributed by atoms with Crippen LogP contribution in [0.2, 0.25) is 0 Å². The number of hydrogen-bond acceptors (Lipinski definition) is 5. The van der Waals surface area contributed by atoms with Crippen LogP contribution >= 0.6 is 0 Å². The number of rotatable bonds is 6. The summed E-state index contributed by atoms with van der Waals surface area (Å²) in [4.78, 5) is 21.3. The molecule has 0 radical (unpaired) electrons. The Morgan fingerprint density at radius 1 is 1.45 bits per heavy atom. The van der Waals surface area contributed by atoms with Crippen LogP contribution in [-0.4, -0.2) is 22.6 Å². The van der Waals surface area contributed by atoms with E-state index in [0.29, 0.717) is 17.7 Å². The van der Waals surface area contributed by atoms with Crippen molar-refractivity contribution in [2.75, 3.05) is 6.61 Å². The van der Waals surface area contributed by atoms with Crippen molar-refractivity contribution in [3.05, 3.63) is 51.6 Å². The van der Waals surface area contributed by atoms with Crippen molar-refractivity contribution < 1.29 is 19.6 Å². The highest BCUT2D eigenvalue weighted by Gasteiger charge is 2.11. The van der Waals surface area contributed by atoms with E-state index in [9.17, 15) is 20.0 Å². The van der Waals surface area contributed by atoms with Gasteiger partial charge in [-0.1, -0.05) is 5.57 Å². The molecule has 0 saturated carbocycles. The molecule has 6 nitrogen and oxygen atoms in total. The fourth-order valence-corrected chi connectivity index (χ4v) is 1.69. The zero-order valence-corrected chi connectivity index (χ0v) is 11.4. The van der Waals surface area contributed by atoms with Gasteiger partial charge in [-0.15, -0.1) is 0 Å². The summed E-state index contributed by atoms with van der Waals surface area (Å²) in [6.07, 6.45) is 0.774. The molecule has 1 N–H and O–H groups in total. The first kappa shape index (κ1) is 15.8. The molecule has 0 amide bonds. The molecule has 20 heavy (non-hydrogen) atoms. The first-order valence-electron chi connectivity index (χ1n) is 6.20. The van der Waals surface area contributed by atoms with E-state index >= 15 is 0 Å². The second-order valence-corrected chi connectivity index (χ2v) is 4.31. The minimum absolute atomic E-state index is 0.0280. The topological polar surface area (TPSA) is 89.7 Å². The Balaban J connectivity index is 2.68. The lowest BCUT2D eigenvalue weighted by Gasteiger charge is -2.11. The van der Waals surface area contributed by atoms with Crippen LogP contribution in [0.25, 0.3) is 0 Å². The molecule has 0 spiro atoms. The summed E-state index contributed by atoms with van der Waals surface area (Å²) >= 11 is 0. The maximum atomic E-state index is 11.2. The summed E-state index contributed by atoms with van der Waals surface area (Å²) in [6, 6.07) is 5.67. The molecule has 1 atom stereocenters. The molecule has 1 aromatic rings. The quantitative estimate of drug-likeness (QED) is 0.374. The number of nitrogens with zero attached hydrogens (tertiary/aromatic N) is 1. The zero-order valence-electron chi connectivity index (χ0n) is 11.4. The van der Waals surface area contributed by atoms with Crippen molar-refractivity contribution in [1.82, 2.24) is 0 Å². The number of aliphatic hydroxyl groups is 1. The lowest BCUT2D eigenvalue weighted by Crippen LogP contribution is -2.03. The number of benzene rings is 1. The molecule has 6 heteroatoms. The zero-order chi connectivity index (χ0) is 15.1. The fourth-order valence-electron chi connectivity index (χ4n) is 1.69. The van der Waals surface area contributed by atoms with E-state index in [-0.39, 0.29) is 12.1 Å². The van der Waals surface area contributed by atoms with Crippen molar-refractivity contribution in [3.8, 4) is 0 Å². The first-order valence-corrected chi connectivity index (χ1v) is 6.20. The number of hydrogen-bond donors (Lipinski definition) is 1. The number of carbonyl (C=O) groups excluding carboxylic acids is 1. The maximum absolute atomic E-state index is 11.2. The first-order chi connectivity index (χ1) is 9.43. The van der Waals surface area contributed by atoms with Gasteiger partial charge in [0.1, 0.15) is 0 Å². The molecular formula is C14H17NO5. The number of nitro benzene ring substituents is 1. The number of aliphatic hydroxyl groups excluding tert-OH is 1. The van der Waals surface area contributed by atoms with E-state index in [2.05, 4.69) is 0 Å². The Morgan fingerprint density at radius 2 is 2.05 bits per heavy atom. The van der Waals surface area contributed by atoms with Crippen LogP contribution in [0.5, 0.6) is 0 Å². The van der Waals surface area contributed by atoms with Gasteiger partial charge in [-0.2, -0.15) is 0 Å². The van der Waals surface area contributed by atoms with Crippen molar-refractivity contribution in [1.29, 1.82) is 0 Å². The Bertz CT molecular complexity index is 507. The number of nitro groups is 1. The van der Waals surface area contributed by atoms with Gasteiger partial charge in [0.25, 0.3) is 5.69 Å². The third-order valence-corrected chi connectivity index (χ3v) is 2.65. The van der Waals surface area contributed by atoms with Gasteiger partial charge in [-0.3, -0.25) is 10.1 Å². The predicted molar refractivity (Wildman–Crippen MR) is 73.1 cm³/mol. The van der Waals surface area contributed by atoms with Crippen LogP contribution in [0.3, 0.4) is 0 Å². The molecule has 0 fully saturated rings. The van der Waals surface area contributed by atoms with Crippen molar-refractivity contribution in [3.63, 3.8) is 0 Å². The largest absolute Gasteiger partial charge is 0.463 e. The van der Waals surface area contributed by atoms with E-state index in [4.69, 9.17) is 4.74 Å². The standard InChI is InChI=1S/C14H17NO5/c1-3-20-14(17)9-10(2)8-13(16)11-4-6-12(7-5-11)15(18)19/h4-7,9,13,16H,3,8H2,1-2H3. The van der Waals surface area contributed by atoms with E-state index < -0.39 is 17.0 Å². The highest BCUT2D eigenvalue weighted by Crippen LogP contribution is 2.23. The molecule has 0 saturated heterocycles. The Labute approximate surface area is 116 Å². The molecule has 0 bridgehead atoms. The van der Waals surface area contributed by atoms with Crippen LogP contribution in [0.1, 0.15) is 31.9 Å². The summed E-state index contributed by atoms with van der Waals surface area (Å²) in [5.41, 5.74) is 1.21. The lowest BCUT2D eigenvalue weighted by molar-refractivity contribution is -0.384. The summed E-state index contributed by atoms with van der Waals surface area (Å²) < 4.78 is 4.77. The molecule has 0 aliphatic rings. The van der Waals surface area contributed by atoms with Crippen molar-refractivity contribution in [2.24, 2.45) is 0 Å². The van der Waals surface area contributed by atoms with Gasteiger partial charge in [-0.05, 0) is 38.0 Å². The van der Waals surface area contributed by atoms with Crippen LogP contribution < -0.4 is 0 Å². The number of esters is 1. The lowest BCUT2D eigenvalue weighted by atomic mass is 10.0. The molecule has 0 aliphatic carbocycles. The van der Waals surface area contributed by atoms with Crippen LogP contribution in [0, 0.1) is 10.1 Å². The molecule has 0 heterocycles. The average Bonchev–Trinajstić information content (AvgIpc) is 2.38.